The third-order valence-corrected chi connectivity index (χ3v) is 1.96. The summed E-state index contributed by atoms with van der Waals surface area (Å²) in [4.78, 5) is 21.2. The van der Waals surface area contributed by atoms with Crippen LogP contribution in [0.5, 0.6) is 0 Å². The molecule has 0 radical (unpaired) electrons. The van der Waals surface area contributed by atoms with Crippen molar-refractivity contribution < 1.29 is 24.5 Å². The van der Waals surface area contributed by atoms with Crippen LogP contribution >= 0.6 is 0 Å². The molecule has 0 amide bonds. The van der Waals surface area contributed by atoms with Gasteiger partial charge in [-0.15, -0.1) is 0 Å². The Morgan fingerprint density at radius 3 is 2.40 bits per heavy atom. The Balaban J connectivity index is 2.72. The molecule has 1 saturated heterocycles. The normalized spacial score (nSPS) is 21.3. The van der Waals surface area contributed by atoms with E-state index in [0.29, 0.717) is 13.0 Å². The van der Waals surface area contributed by atoms with E-state index in [-0.39, 0.29) is 17.3 Å². The highest BCUT2D eigenvalue weighted by Gasteiger charge is 2.21. The molecule has 82 valence electrons. The first-order valence-corrected chi connectivity index (χ1v) is 4.47. The molecule has 0 bridgehead atoms. The van der Waals surface area contributed by atoms with E-state index >= 15 is 0 Å². The van der Waals surface area contributed by atoms with Gasteiger partial charge in [-0.3, -0.25) is 0 Å². The van der Waals surface area contributed by atoms with Gasteiger partial charge in [0, 0.05) is 5.57 Å². The Labute approximate surface area is 86.7 Å². The molecule has 1 heterocycles. The van der Waals surface area contributed by atoms with E-state index in [2.05, 4.69) is 0 Å². The largest absolute Gasteiger partial charge is 0.478 e. The number of hydrogen-bond acceptors (Lipinski definition) is 3. The molecule has 0 aromatic rings. The van der Waals surface area contributed by atoms with Gasteiger partial charge in [0.1, 0.15) is 0 Å². The zero-order valence-corrected chi connectivity index (χ0v) is 8.27. The quantitative estimate of drug-likeness (QED) is 0.400. The SMILES string of the molecule is CC(=CC(=CCC1CO1)C(=O)O)C(=O)O. The van der Waals surface area contributed by atoms with Crippen LogP contribution in [-0.2, 0) is 14.3 Å². The van der Waals surface area contributed by atoms with Crippen LogP contribution in [0, 0.1) is 0 Å². The van der Waals surface area contributed by atoms with Crippen LogP contribution in [-0.4, -0.2) is 34.9 Å². The molecular weight excluding hydrogens is 200 g/mol. The highest BCUT2D eigenvalue weighted by atomic mass is 16.6. The zero-order chi connectivity index (χ0) is 11.4. The number of ether oxygens (including phenoxy) is 1. The second kappa shape index (κ2) is 4.75. The van der Waals surface area contributed by atoms with E-state index < -0.39 is 11.9 Å². The molecule has 0 spiro atoms. The van der Waals surface area contributed by atoms with Gasteiger partial charge in [0.2, 0.25) is 0 Å². The van der Waals surface area contributed by atoms with Gasteiger partial charge in [0.05, 0.1) is 18.3 Å². The summed E-state index contributed by atoms with van der Waals surface area (Å²) in [5, 5.41) is 17.4. The summed E-state index contributed by atoms with van der Waals surface area (Å²) < 4.78 is 4.92. The monoisotopic (exact) mass is 212 g/mol. The zero-order valence-electron chi connectivity index (χ0n) is 8.27. The molecule has 5 heteroatoms. The van der Waals surface area contributed by atoms with Crippen LogP contribution in [0.3, 0.4) is 0 Å². The Kier molecular flexibility index (Phi) is 3.62. The number of epoxide rings is 1. The van der Waals surface area contributed by atoms with Crippen molar-refractivity contribution in [1.82, 2.24) is 0 Å². The predicted octanol–water partition coefficient (Wildman–Crippen LogP) is 0.817. The highest BCUT2D eigenvalue weighted by molar-refractivity contribution is 5.94. The first kappa shape index (κ1) is 11.5. The molecule has 0 aromatic heterocycles. The van der Waals surface area contributed by atoms with E-state index in [4.69, 9.17) is 14.9 Å². The van der Waals surface area contributed by atoms with E-state index in [0.717, 1.165) is 6.08 Å². The van der Waals surface area contributed by atoms with Crippen LogP contribution in [0.4, 0.5) is 0 Å². The van der Waals surface area contributed by atoms with Gasteiger partial charge in [-0.1, -0.05) is 6.08 Å². The van der Waals surface area contributed by atoms with E-state index in [1.807, 2.05) is 0 Å². The molecule has 1 fully saturated rings. The Bertz CT molecular complexity index is 336. The van der Waals surface area contributed by atoms with Gasteiger partial charge in [-0.2, -0.15) is 0 Å². The molecule has 1 atom stereocenters. The molecular formula is C10H12O5. The number of hydrogen-bond donors (Lipinski definition) is 2. The summed E-state index contributed by atoms with van der Waals surface area (Å²) >= 11 is 0. The molecule has 1 aliphatic rings. The van der Waals surface area contributed by atoms with Crippen LogP contribution in [0.2, 0.25) is 0 Å². The topological polar surface area (TPSA) is 87.1 Å². The molecule has 0 aliphatic carbocycles. The van der Waals surface area contributed by atoms with Crippen LogP contribution in [0.15, 0.2) is 23.3 Å². The molecule has 1 unspecified atom stereocenters. The molecule has 5 nitrogen and oxygen atoms in total. The summed E-state index contributed by atoms with van der Waals surface area (Å²) in [6.45, 7) is 2.00. The number of carboxylic acid groups (broad SMARTS) is 2. The summed E-state index contributed by atoms with van der Waals surface area (Å²) in [6.07, 6.45) is 3.22. The molecule has 0 aromatic carbocycles. The predicted molar refractivity (Wildman–Crippen MR) is 51.5 cm³/mol. The fourth-order valence-corrected chi connectivity index (χ4v) is 0.966. The third kappa shape index (κ3) is 3.95. The van der Waals surface area contributed by atoms with Gasteiger partial charge >= 0.3 is 11.9 Å². The van der Waals surface area contributed by atoms with Crippen molar-refractivity contribution in [3.8, 4) is 0 Å². The number of rotatable bonds is 5. The lowest BCUT2D eigenvalue weighted by Crippen LogP contribution is -2.03. The maximum Gasteiger partial charge on any atom is 0.335 e. The lowest BCUT2D eigenvalue weighted by atomic mass is 10.1. The van der Waals surface area contributed by atoms with Crippen LogP contribution in [0.1, 0.15) is 13.3 Å². The standard InChI is InChI=1S/C10H12O5/c1-6(9(11)12)4-7(10(13)14)2-3-8-5-15-8/h2,4,8H,3,5H2,1H3,(H,11,12)(H,13,14). The Morgan fingerprint density at radius 1 is 1.40 bits per heavy atom. The van der Waals surface area contributed by atoms with Crippen molar-refractivity contribution in [2.45, 2.75) is 19.4 Å². The number of carbonyl (C=O) groups is 2. The van der Waals surface area contributed by atoms with Gasteiger partial charge in [-0.25, -0.2) is 9.59 Å². The average Bonchev–Trinajstić information content (AvgIpc) is 2.94. The van der Waals surface area contributed by atoms with Crippen LogP contribution in [0.25, 0.3) is 0 Å². The smallest absolute Gasteiger partial charge is 0.335 e. The second-order valence-electron chi connectivity index (χ2n) is 3.29. The summed E-state index contributed by atoms with van der Waals surface area (Å²) in [7, 11) is 0. The first-order valence-electron chi connectivity index (χ1n) is 4.47. The summed E-state index contributed by atoms with van der Waals surface area (Å²) in [6, 6.07) is 0. The Morgan fingerprint density at radius 2 is 2.00 bits per heavy atom. The van der Waals surface area contributed by atoms with Crippen molar-refractivity contribution >= 4 is 11.9 Å². The molecule has 15 heavy (non-hydrogen) atoms. The van der Waals surface area contributed by atoms with E-state index in [1.165, 1.54) is 13.0 Å². The summed E-state index contributed by atoms with van der Waals surface area (Å²) in [5.41, 5.74) is -0.00855. The minimum atomic E-state index is -1.13. The van der Waals surface area contributed by atoms with Crippen molar-refractivity contribution in [2.24, 2.45) is 0 Å². The molecule has 1 aliphatic heterocycles. The maximum absolute atomic E-state index is 10.7. The second-order valence-corrected chi connectivity index (χ2v) is 3.29. The average molecular weight is 212 g/mol. The van der Waals surface area contributed by atoms with E-state index in [9.17, 15) is 9.59 Å². The Hall–Kier alpha value is -1.62. The maximum atomic E-state index is 10.7. The highest BCUT2D eigenvalue weighted by Crippen LogP contribution is 2.16. The van der Waals surface area contributed by atoms with E-state index in [1.54, 1.807) is 0 Å². The van der Waals surface area contributed by atoms with Gasteiger partial charge in [0.15, 0.2) is 0 Å². The van der Waals surface area contributed by atoms with Crippen molar-refractivity contribution in [1.29, 1.82) is 0 Å². The third-order valence-electron chi connectivity index (χ3n) is 1.96. The molecule has 0 saturated carbocycles. The van der Waals surface area contributed by atoms with Crippen molar-refractivity contribution in [2.75, 3.05) is 6.61 Å². The fourth-order valence-electron chi connectivity index (χ4n) is 0.966. The lowest BCUT2D eigenvalue weighted by molar-refractivity contribution is -0.132. The number of carboxylic acids is 2. The van der Waals surface area contributed by atoms with Gasteiger partial charge in [0.25, 0.3) is 0 Å². The van der Waals surface area contributed by atoms with Crippen molar-refractivity contribution in [3.05, 3.63) is 23.3 Å². The fraction of sp³-hybridized carbons (Fsp3) is 0.400. The minimum absolute atomic E-state index is 0.000338. The lowest BCUT2D eigenvalue weighted by Gasteiger charge is -1.96. The minimum Gasteiger partial charge on any atom is -0.478 e. The van der Waals surface area contributed by atoms with Crippen LogP contribution < -0.4 is 0 Å². The first-order chi connectivity index (χ1) is 7.00. The number of aliphatic carboxylic acids is 2. The molecule has 1 rings (SSSR count). The molecule has 2 N–H and O–H groups in total. The summed E-state index contributed by atoms with van der Waals surface area (Å²) in [5.74, 6) is -2.25. The van der Waals surface area contributed by atoms with Gasteiger partial charge < -0.3 is 14.9 Å². The van der Waals surface area contributed by atoms with Gasteiger partial charge in [-0.05, 0) is 19.4 Å². The van der Waals surface area contributed by atoms with Crippen molar-refractivity contribution in [3.63, 3.8) is 0 Å².